The van der Waals surface area contributed by atoms with Crippen LogP contribution in [0.1, 0.15) is 17.9 Å². The Bertz CT molecular complexity index is 379. The number of aryl methyl sites for hydroxylation is 1. The Morgan fingerprint density at radius 3 is 2.75 bits per heavy atom. The van der Waals surface area contributed by atoms with Gasteiger partial charge in [-0.15, -0.1) is 0 Å². The minimum absolute atomic E-state index is 0.0295. The van der Waals surface area contributed by atoms with Crippen molar-refractivity contribution in [3.63, 3.8) is 0 Å². The Morgan fingerprint density at radius 2 is 2.19 bits per heavy atom. The van der Waals surface area contributed by atoms with Crippen LogP contribution in [0.25, 0.3) is 0 Å². The molecular formula is C9H10F3N3O. The highest BCUT2D eigenvalue weighted by molar-refractivity contribution is 5.76. The maximum Gasteiger partial charge on any atom is 0.397 e. The van der Waals surface area contributed by atoms with Gasteiger partial charge in [0, 0.05) is 6.20 Å². The van der Waals surface area contributed by atoms with Gasteiger partial charge in [-0.05, 0) is 13.0 Å². The van der Waals surface area contributed by atoms with Gasteiger partial charge < -0.3 is 5.32 Å². The van der Waals surface area contributed by atoms with Crippen molar-refractivity contribution in [1.82, 2.24) is 15.3 Å². The number of carbonyl (C=O) groups excluding carboxylic acids is 1. The molecule has 0 spiro atoms. The van der Waals surface area contributed by atoms with Crippen LogP contribution in [0.2, 0.25) is 0 Å². The summed E-state index contributed by atoms with van der Waals surface area (Å²) in [7, 11) is 0. The summed E-state index contributed by atoms with van der Waals surface area (Å²) in [5.74, 6) is -0.564. The number of hydrogen-bond donors (Lipinski definition) is 1. The minimum Gasteiger partial charge on any atom is -0.350 e. The lowest BCUT2D eigenvalue weighted by molar-refractivity contribution is -0.153. The molecule has 88 valence electrons. The molecule has 0 radical (unpaired) electrons. The van der Waals surface area contributed by atoms with Crippen LogP contribution in [0.3, 0.4) is 0 Å². The molecule has 1 aromatic heterocycles. The standard InChI is InChI=1S/C9H10F3N3O/c1-6-13-3-2-7(15-6)5-14-8(16)4-9(10,11)12/h2-3H,4-5H2,1H3,(H,14,16). The molecule has 0 fully saturated rings. The van der Waals surface area contributed by atoms with Crippen LogP contribution in [-0.4, -0.2) is 22.1 Å². The van der Waals surface area contributed by atoms with E-state index in [0.717, 1.165) is 0 Å². The fourth-order valence-corrected chi connectivity index (χ4v) is 1.04. The van der Waals surface area contributed by atoms with E-state index in [0.29, 0.717) is 11.5 Å². The van der Waals surface area contributed by atoms with Gasteiger partial charge in [0.25, 0.3) is 0 Å². The SMILES string of the molecule is Cc1nccc(CNC(=O)CC(F)(F)F)n1. The normalized spacial score (nSPS) is 11.2. The molecule has 0 saturated heterocycles. The van der Waals surface area contributed by atoms with E-state index in [1.54, 1.807) is 6.92 Å². The van der Waals surface area contributed by atoms with Crippen molar-refractivity contribution in [2.75, 3.05) is 0 Å². The first-order valence-corrected chi connectivity index (χ1v) is 4.49. The molecule has 1 N–H and O–H groups in total. The van der Waals surface area contributed by atoms with Gasteiger partial charge >= 0.3 is 6.18 Å². The van der Waals surface area contributed by atoms with E-state index in [1.807, 2.05) is 0 Å². The van der Waals surface area contributed by atoms with Gasteiger partial charge in [-0.1, -0.05) is 0 Å². The van der Waals surface area contributed by atoms with Gasteiger partial charge in [-0.25, -0.2) is 9.97 Å². The molecule has 4 nitrogen and oxygen atoms in total. The van der Waals surface area contributed by atoms with E-state index in [4.69, 9.17) is 0 Å². The largest absolute Gasteiger partial charge is 0.397 e. The van der Waals surface area contributed by atoms with Gasteiger partial charge in [0.2, 0.25) is 5.91 Å². The second kappa shape index (κ2) is 4.91. The van der Waals surface area contributed by atoms with Crippen molar-refractivity contribution >= 4 is 5.91 Å². The average molecular weight is 233 g/mol. The number of carbonyl (C=O) groups is 1. The minimum atomic E-state index is -4.48. The zero-order valence-electron chi connectivity index (χ0n) is 8.51. The van der Waals surface area contributed by atoms with Gasteiger partial charge in [0.1, 0.15) is 12.2 Å². The maximum atomic E-state index is 11.8. The lowest BCUT2D eigenvalue weighted by Gasteiger charge is -2.07. The van der Waals surface area contributed by atoms with Crippen molar-refractivity contribution in [2.45, 2.75) is 26.1 Å². The zero-order chi connectivity index (χ0) is 12.2. The highest BCUT2D eigenvalue weighted by Gasteiger charge is 2.30. The maximum absolute atomic E-state index is 11.8. The van der Waals surface area contributed by atoms with Gasteiger partial charge in [-0.3, -0.25) is 4.79 Å². The van der Waals surface area contributed by atoms with Crippen LogP contribution < -0.4 is 5.32 Å². The van der Waals surface area contributed by atoms with Crippen LogP contribution >= 0.6 is 0 Å². The van der Waals surface area contributed by atoms with E-state index in [-0.39, 0.29) is 6.54 Å². The Hall–Kier alpha value is -1.66. The molecule has 1 rings (SSSR count). The van der Waals surface area contributed by atoms with E-state index in [9.17, 15) is 18.0 Å². The molecule has 0 aromatic carbocycles. The summed E-state index contributed by atoms with van der Waals surface area (Å²) in [6.07, 6.45) is -4.48. The number of rotatable bonds is 3. The lowest BCUT2D eigenvalue weighted by Crippen LogP contribution is -2.28. The summed E-state index contributed by atoms with van der Waals surface area (Å²) in [4.78, 5) is 18.6. The van der Waals surface area contributed by atoms with E-state index in [2.05, 4.69) is 15.3 Å². The molecule has 16 heavy (non-hydrogen) atoms. The lowest BCUT2D eigenvalue weighted by atomic mass is 10.3. The third kappa shape index (κ3) is 4.72. The van der Waals surface area contributed by atoms with E-state index in [1.165, 1.54) is 12.3 Å². The van der Waals surface area contributed by atoms with Crippen molar-refractivity contribution in [2.24, 2.45) is 0 Å². The van der Waals surface area contributed by atoms with Gasteiger partial charge in [-0.2, -0.15) is 13.2 Å². The number of alkyl halides is 3. The van der Waals surface area contributed by atoms with Crippen LogP contribution in [0, 0.1) is 6.92 Å². The monoisotopic (exact) mass is 233 g/mol. The van der Waals surface area contributed by atoms with E-state index >= 15 is 0 Å². The van der Waals surface area contributed by atoms with Crippen LogP contribution in [0.15, 0.2) is 12.3 Å². The number of nitrogens with one attached hydrogen (secondary N) is 1. The summed E-state index contributed by atoms with van der Waals surface area (Å²) >= 11 is 0. The first-order chi connectivity index (χ1) is 7.37. The first kappa shape index (κ1) is 12.4. The quantitative estimate of drug-likeness (QED) is 0.857. The molecule has 0 aliphatic rings. The second-order valence-corrected chi connectivity index (χ2v) is 3.16. The van der Waals surface area contributed by atoms with E-state index < -0.39 is 18.5 Å². The molecule has 0 aliphatic heterocycles. The molecule has 0 aliphatic carbocycles. The Balaban J connectivity index is 2.43. The molecule has 0 bridgehead atoms. The summed E-state index contributed by atoms with van der Waals surface area (Å²) in [5.41, 5.74) is 0.475. The molecule has 0 atom stereocenters. The molecule has 1 heterocycles. The number of hydrogen-bond acceptors (Lipinski definition) is 3. The molecule has 1 aromatic rings. The number of amides is 1. The fraction of sp³-hybridized carbons (Fsp3) is 0.444. The molecule has 1 amide bonds. The van der Waals surface area contributed by atoms with Crippen LogP contribution in [-0.2, 0) is 11.3 Å². The van der Waals surface area contributed by atoms with Crippen molar-refractivity contribution < 1.29 is 18.0 Å². The van der Waals surface area contributed by atoms with Crippen LogP contribution in [0.5, 0.6) is 0 Å². The predicted molar refractivity (Wildman–Crippen MR) is 49.3 cm³/mol. The number of nitrogens with zero attached hydrogens (tertiary/aromatic N) is 2. The Kier molecular flexibility index (Phi) is 3.81. The third-order valence-corrected chi connectivity index (χ3v) is 1.66. The second-order valence-electron chi connectivity index (χ2n) is 3.16. The predicted octanol–water partition coefficient (Wildman–Crippen LogP) is 1.35. The molecule has 0 unspecified atom stereocenters. The Morgan fingerprint density at radius 1 is 1.50 bits per heavy atom. The first-order valence-electron chi connectivity index (χ1n) is 4.49. The van der Waals surface area contributed by atoms with Gasteiger partial charge in [0.15, 0.2) is 0 Å². The van der Waals surface area contributed by atoms with Crippen LogP contribution in [0.4, 0.5) is 13.2 Å². The molecular weight excluding hydrogens is 223 g/mol. The number of halogens is 3. The smallest absolute Gasteiger partial charge is 0.350 e. The summed E-state index contributed by atoms with van der Waals surface area (Å²) < 4.78 is 35.4. The molecule has 7 heteroatoms. The summed E-state index contributed by atoms with van der Waals surface area (Å²) in [5, 5.41) is 2.13. The number of aromatic nitrogens is 2. The summed E-state index contributed by atoms with van der Waals surface area (Å²) in [6.45, 7) is 1.62. The topological polar surface area (TPSA) is 54.9 Å². The summed E-state index contributed by atoms with van der Waals surface area (Å²) in [6, 6.07) is 1.53. The molecule has 0 saturated carbocycles. The third-order valence-electron chi connectivity index (χ3n) is 1.66. The zero-order valence-corrected chi connectivity index (χ0v) is 8.51. The highest BCUT2D eigenvalue weighted by Crippen LogP contribution is 2.18. The fourth-order valence-electron chi connectivity index (χ4n) is 1.04. The Labute approximate surface area is 89.9 Å². The highest BCUT2D eigenvalue weighted by atomic mass is 19.4. The average Bonchev–Trinajstić information content (AvgIpc) is 2.12. The van der Waals surface area contributed by atoms with Crippen molar-refractivity contribution in [3.8, 4) is 0 Å². The van der Waals surface area contributed by atoms with Crippen molar-refractivity contribution in [3.05, 3.63) is 23.8 Å². The van der Waals surface area contributed by atoms with Gasteiger partial charge in [0.05, 0.1) is 12.2 Å². The van der Waals surface area contributed by atoms with Crippen molar-refractivity contribution in [1.29, 1.82) is 0 Å².